The summed E-state index contributed by atoms with van der Waals surface area (Å²) in [6.45, 7) is 0. The summed E-state index contributed by atoms with van der Waals surface area (Å²) in [6, 6.07) is 5.31. The standard InChI is InChI=1S/C43H80N2/c1-2-8-16-27-38(26-15-7-1)44(39-28-17-9-3-4-10-18-29-39)42-34-23-24-35-43(37-25-36-42)45(41-32-21-13-14-22-33-41)40-30-19-11-5-6-12-20-31-40/h38-43H,1-37H2. The van der Waals surface area contributed by atoms with Crippen molar-refractivity contribution in [1.82, 2.24) is 9.80 Å². The molecule has 5 fully saturated rings. The first kappa shape index (κ1) is 36.2. The minimum Gasteiger partial charge on any atom is -0.294 e. The van der Waals surface area contributed by atoms with Gasteiger partial charge in [-0.25, -0.2) is 0 Å². The molecule has 2 unspecified atom stereocenters. The highest BCUT2D eigenvalue weighted by Gasteiger charge is 2.36. The van der Waals surface area contributed by atoms with Crippen molar-refractivity contribution in [1.29, 1.82) is 0 Å². The van der Waals surface area contributed by atoms with Crippen LogP contribution in [0.1, 0.15) is 238 Å². The van der Waals surface area contributed by atoms with E-state index in [9.17, 15) is 0 Å². The average molecular weight is 625 g/mol. The van der Waals surface area contributed by atoms with Gasteiger partial charge in [0.25, 0.3) is 0 Å². The van der Waals surface area contributed by atoms with Crippen molar-refractivity contribution in [3.8, 4) is 0 Å². The van der Waals surface area contributed by atoms with Crippen LogP contribution in [0.15, 0.2) is 0 Å². The molecule has 0 N–H and O–H groups in total. The van der Waals surface area contributed by atoms with Crippen LogP contribution >= 0.6 is 0 Å². The van der Waals surface area contributed by atoms with E-state index < -0.39 is 0 Å². The molecule has 5 saturated carbocycles. The summed E-state index contributed by atoms with van der Waals surface area (Å²) in [5.74, 6) is 0. The van der Waals surface area contributed by atoms with E-state index in [2.05, 4.69) is 9.80 Å². The van der Waals surface area contributed by atoms with Crippen LogP contribution in [0.25, 0.3) is 0 Å². The van der Waals surface area contributed by atoms with Gasteiger partial charge in [-0.3, -0.25) is 9.80 Å². The second-order valence-electron chi connectivity index (χ2n) is 17.1. The second kappa shape index (κ2) is 21.8. The van der Waals surface area contributed by atoms with Crippen molar-refractivity contribution in [2.45, 2.75) is 274 Å². The Labute approximate surface area is 283 Å². The van der Waals surface area contributed by atoms with Gasteiger partial charge < -0.3 is 0 Å². The zero-order valence-electron chi connectivity index (χ0n) is 30.5. The molecule has 5 aliphatic rings. The van der Waals surface area contributed by atoms with Gasteiger partial charge in [0.05, 0.1) is 0 Å². The van der Waals surface area contributed by atoms with Crippen LogP contribution in [0, 0.1) is 0 Å². The van der Waals surface area contributed by atoms with Gasteiger partial charge in [-0.2, -0.15) is 0 Å². The Morgan fingerprint density at radius 2 is 0.289 bits per heavy atom. The van der Waals surface area contributed by atoms with Gasteiger partial charge in [0.15, 0.2) is 0 Å². The van der Waals surface area contributed by atoms with E-state index in [1.165, 1.54) is 238 Å². The normalized spacial score (nSPS) is 30.5. The molecule has 0 bridgehead atoms. The van der Waals surface area contributed by atoms with Gasteiger partial charge >= 0.3 is 0 Å². The molecule has 5 rings (SSSR count). The van der Waals surface area contributed by atoms with Gasteiger partial charge in [-0.05, 0) is 77.0 Å². The third-order valence-corrected chi connectivity index (χ3v) is 13.7. The fourth-order valence-corrected chi connectivity index (χ4v) is 11.3. The van der Waals surface area contributed by atoms with Gasteiger partial charge in [0.1, 0.15) is 0 Å². The molecular formula is C43H80N2. The first-order valence-corrected chi connectivity index (χ1v) is 21.9. The Balaban J connectivity index is 1.31. The van der Waals surface area contributed by atoms with E-state index in [1.807, 2.05) is 0 Å². The molecule has 45 heavy (non-hydrogen) atoms. The summed E-state index contributed by atoms with van der Waals surface area (Å²) in [5, 5.41) is 0. The Morgan fingerprint density at radius 3 is 0.489 bits per heavy atom. The average Bonchev–Trinajstić information content (AvgIpc) is 3.20. The summed E-state index contributed by atoms with van der Waals surface area (Å²) < 4.78 is 0. The topological polar surface area (TPSA) is 6.48 Å². The number of hydrogen-bond donors (Lipinski definition) is 0. The zero-order chi connectivity index (χ0) is 30.8. The Bertz CT molecular complexity index is 673. The van der Waals surface area contributed by atoms with Gasteiger partial charge in [0, 0.05) is 36.3 Å². The lowest BCUT2D eigenvalue weighted by Gasteiger charge is -2.45. The monoisotopic (exact) mass is 625 g/mol. The summed E-state index contributed by atoms with van der Waals surface area (Å²) in [5.41, 5.74) is 0. The van der Waals surface area contributed by atoms with Crippen molar-refractivity contribution in [3.63, 3.8) is 0 Å². The van der Waals surface area contributed by atoms with Gasteiger partial charge in [-0.15, -0.1) is 0 Å². The van der Waals surface area contributed by atoms with Crippen LogP contribution in [0.2, 0.25) is 0 Å². The van der Waals surface area contributed by atoms with E-state index in [0.29, 0.717) is 0 Å². The van der Waals surface area contributed by atoms with Crippen LogP contribution < -0.4 is 0 Å². The minimum absolute atomic E-state index is 0.872. The molecule has 0 amide bonds. The van der Waals surface area contributed by atoms with Gasteiger partial charge in [0.2, 0.25) is 0 Å². The lowest BCUT2D eigenvalue weighted by molar-refractivity contribution is 0.0383. The van der Waals surface area contributed by atoms with Crippen LogP contribution in [0.4, 0.5) is 0 Å². The SMILES string of the molecule is C1CCCCC(N(C2CCCCCCCC2)C2CCCCC(N(C3CCCCCCCC3)C3CCCCCC3)CCC2)CCC1. The Hall–Kier alpha value is -0.0800. The lowest BCUT2D eigenvalue weighted by Crippen LogP contribution is -2.50. The fourth-order valence-electron chi connectivity index (χ4n) is 11.3. The minimum atomic E-state index is 0.872. The van der Waals surface area contributed by atoms with Crippen molar-refractivity contribution in [2.75, 3.05) is 0 Å². The summed E-state index contributed by atoms with van der Waals surface area (Å²) in [6.07, 6.45) is 55.6. The third kappa shape index (κ3) is 12.4. The number of hydrogen-bond acceptors (Lipinski definition) is 2. The predicted octanol–water partition coefficient (Wildman–Crippen LogP) is 13.3. The first-order chi connectivity index (χ1) is 22.4. The Morgan fingerprint density at radius 1 is 0.156 bits per heavy atom. The van der Waals surface area contributed by atoms with Crippen molar-refractivity contribution in [3.05, 3.63) is 0 Å². The molecule has 0 heterocycles. The molecule has 2 heteroatoms. The molecule has 2 nitrogen and oxygen atoms in total. The molecule has 262 valence electrons. The maximum absolute atomic E-state index is 3.32. The van der Waals surface area contributed by atoms with Crippen LogP contribution in [0.3, 0.4) is 0 Å². The van der Waals surface area contributed by atoms with Crippen molar-refractivity contribution in [2.24, 2.45) is 0 Å². The smallest absolute Gasteiger partial charge is 0.0101 e. The van der Waals surface area contributed by atoms with Crippen molar-refractivity contribution < 1.29 is 0 Å². The third-order valence-electron chi connectivity index (χ3n) is 13.7. The quantitative estimate of drug-likeness (QED) is 0.271. The molecule has 0 aromatic heterocycles. The molecular weight excluding hydrogens is 544 g/mol. The van der Waals surface area contributed by atoms with E-state index in [-0.39, 0.29) is 0 Å². The van der Waals surface area contributed by atoms with Crippen LogP contribution in [0.5, 0.6) is 0 Å². The largest absolute Gasteiger partial charge is 0.294 e. The van der Waals surface area contributed by atoms with Crippen LogP contribution in [-0.4, -0.2) is 46.1 Å². The predicted molar refractivity (Wildman–Crippen MR) is 197 cm³/mol. The molecule has 0 aromatic carbocycles. The number of rotatable bonds is 6. The van der Waals surface area contributed by atoms with E-state index in [0.717, 1.165) is 36.3 Å². The van der Waals surface area contributed by atoms with E-state index in [4.69, 9.17) is 0 Å². The molecule has 0 aromatic rings. The molecule has 5 aliphatic carbocycles. The van der Waals surface area contributed by atoms with Crippen LogP contribution in [-0.2, 0) is 0 Å². The number of nitrogens with zero attached hydrogens (tertiary/aromatic N) is 2. The van der Waals surface area contributed by atoms with E-state index in [1.54, 1.807) is 0 Å². The maximum atomic E-state index is 3.32. The summed E-state index contributed by atoms with van der Waals surface area (Å²) >= 11 is 0. The summed E-state index contributed by atoms with van der Waals surface area (Å²) in [7, 11) is 0. The van der Waals surface area contributed by atoms with E-state index >= 15 is 0 Å². The first-order valence-electron chi connectivity index (χ1n) is 21.9. The highest BCUT2D eigenvalue weighted by Crippen LogP contribution is 2.37. The zero-order valence-corrected chi connectivity index (χ0v) is 30.5. The molecule has 0 spiro atoms. The summed E-state index contributed by atoms with van der Waals surface area (Å²) in [4.78, 5) is 6.61. The molecule has 0 aliphatic heterocycles. The lowest BCUT2D eigenvalue weighted by atomic mass is 9.90. The highest BCUT2D eigenvalue weighted by atomic mass is 15.2. The molecule has 0 radical (unpaired) electrons. The molecule has 0 saturated heterocycles. The van der Waals surface area contributed by atoms with Crippen molar-refractivity contribution >= 4 is 0 Å². The second-order valence-corrected chi connectivity index (χ2v) is 17.1. The highest BCUT2D eigenvalue weighted by molar-refractivity contribution is 4.91. The fraction of sp³-hybridized carbons (Fsp3) is 1.00. The van der Waals surface area contributed by atoms with Gasteiger partial charge in [-0.1, -0.05) is 161 Å². The Kier molecular flexibility index (Phi) is 17.5. The maximum Gasteiger partial charge on any atom is 0.0101 e. The molecule has 2 atom stereocenters.